The molecule has 2 aromatic heterocycles. The Morgan fingerprint density at radius 1 is 1.28 bits per heavy atom. The first-order chi connectivity index (χ1) is 11.9. The van der Waals surface area contributed by atoms with Crippen molar-refractivity contribution in [2.45, 2.75) is 28.8 Å². The molecule has 0 bridgehead atoms. The molecule has 0 aliphatic rings. The summed E-state index contributed by atoms with van der Waals surface area (Å²) in [5, 5.41) is 19.2. The number of benzene rings is 1. The molecule has 0 aliphatic heterocycles. The summed E-state index contributed by atoms with van der Waals surface area (Å²) in [7, 11) is 0. The van der Waals surface area contributed by atoms with E-state index in [2.05, 4.69) is 20.4 Å². The SMILES string of the molecule is CCc1sc(Sc2cccc(C(F)(F)F)c2)nc1-c1n[nH]nc1C#N. The van der Waals surface area contributed by atoms with E-state index < -0.39 is 11.7 Å². The number of aryl methyl sites for hydroxylation is 1. The Labute approximate surface area is 148 Å². The van der Waals surface area contributed by atoms with Crippen molar-refractivity contribution in [1.82, 2.24) is 20.4 Å². The number of aromatic amines is 1. The zero-order valence-electron chi connectivity index (χ0n) is 12.8. The van der Waals surface area contributed by atoms with Crippen LogP contribution in [0, 0.1) is 11.3 Å². The summed E-state index contributed by atoms with van der Waals surface area (Å²) in [6.45, 7) is 1.93. The maximum Gasteiger partial charge on any atom is 0.416 e. The highest BCUT2D eigenvalue weighted by Gasteiger charge is 2.30. The Balaban J connectivity index is 1.94. The molecule has 3 rings (SSSR count). The zero-order chi connectivity index (χ0) is 18.0. The quantitative estimate of drug-likeness (QED) is 0.718. The molecular weight excluding hydrogens is 371 g/mol. The lowest BCUT2D eigenvalue weighted by molar-refractivity contribution is -0.137. The number of halogens is 3. The fourth-order valence-electron chi connectivity index (χ4n) is 2.11. The average molecular weight is 381 g/mol. The van der Waals surface area contributed by atoms with Crippen LogP contribution in [0.3, 0.4) is 0 Å². The van der Waals surface area contributed by atoms with Crippen LogP contribution in [0.5, 0.6) is 0 Å². The number of nitriles is 1. The van der Waals surface area contributed by atoms with Crippen LogP contribution in [0.15, 0.2) is 33.5 Å². The van der Waals surface area contributed by atoms with Gasteiger partial charge in [-0.3, -0.25) is 0 Å². The summed E-state index contributed by atoms with van der Waals surface area (Å²) in [6, 6.07) is 7.03. The third-order valence-electron chi connectivity index (χ3n) is 3.24. The lowest BCUT2D eigenvalue weighted by Gasteiger charge is -2.07. The molecule has 1 N–H and O–H groups in total. The van der Waals surface area contributed by atoms with Crippen LogP contribution in [0.2, 0.25) is 0 Å². The van der Waals surface area contributed by atoms with Gasteiger partial charge in [-0.15, -0.1) is 16.4 Å². The van der Waals surface area contributed by atoms with Crippen LogP contribution in [0.1, 0.15) is 23.1 Å². The van der Waals surface area contributed by atoms with Gasteiger partial charge in [-0.1, -0.05) is 24.8 Å². The molecule has 2 heterocycles. The second-order valence-electron chi connectivity index (χ2n) is 4.87. The van der Waals surface area contributed by atoms with Crippen molar-refractivity contribution in [3.8, 4) is 17.5 Å². The minimum atomic E-state index is -4.39. The van der Waals surface area contributed by atoms with Crippen LogP contribution < -0.4 is 0 Å². The van der Waals surface area contributed by atoms with Crippen molar-refractivity contribution in [3.05, 3.63) is 40.4 Å². The first-order valence-electron chi connectivity index (χ1n) is 7.08. The van der Waals surface area contributed by atoms with Crippen LogP contribution in [-0.2, 0) is 12.6 Å². The standard InChI is InChI=1S/C15H10F3N5S2/c1-2-11-13(12-10(7-19)21-23-22-12)20-14(25-11)24-9-5-3-4-8(6-9)15(16,17)18/h3-6H,2H2,1H3,(H,21,22,23). The largest absolute Gasteiger partial charge is 0.416 e. The summed E-state index contributed by atoms with van der Waals surface area (Å²) in [6.07, 6.45) is -3.73. The molecule has 3 aromatic rings. The monoisotopic (exact) mass is 381 g/mol. The van der Waals surface area contributed by atoms with Crippen molar-refractivity contribution in [1.29, 1.82) is 5.26 Å². The van der Waals surface area contributed by atoms with Gasteiger partial charge in [-0.05, 0) is 24.6 Å². The molecule has 0 atom stereocenters. The molecule has 1 aromatic carbocycles. The molecule has 25 heavy (non-hydrogen) atoms. The zero-order valence-corrected chi connectivity index (χ0v) is 14.4. The van der Waals surface area contributed by atoms with Gasteiger partial charge in [0.1, 0.15) is 11.8 Å². The van der Waals surface area contributed by atoms with E-state index in [9.17, 15) is 13.2 Å². The molecule has 10 heteroatoms. The van der Waals surface area contributed by atoms with E-state index >= 15 is 0 Å². The first-order valence-corrected chi connectivity index (χ1v) is 8.71. The number of rotatable bonds is 4. The molecule has 0 spiro atoms. The predicted molar refractivity (Wildman–Crippen MR) is 87.2 cm³/mol. The van der Waals surface area contributed by atoms with Crippen molar-refractivity contribution in [2.24, 2.45) is 0 Å². The number of thiazole rings is 1. The Kier molecular flexibility index (Phi) is 4.78. The van der Waals surface area contributed by atoms with Gasteiger partial charge in [0.05, 0.1) is 5.56 Å². The molecule has 0 fully saturated rings. The second-order valence-corrected chi connectivity index (χ2v) is 7.27. The molecule has 0 aliphatic carbocycles. The number of alkyl halides is 3. The molecule has 0 unspecified atom stereocenters. The van der Waals surface area contributed by atoms with Crippen LogP contribution in [0.4, 0.5) is 13.2 Å². The lowest BCUT2D eigenvalue weighted by atomic mass is 10.2. The van der Waals surface area contributed by atoms with E-state index in [1.165, 1.54) is 17.4 Å². The maximum atomic E-state index is 12.8. The highest BCUT2D eigenvalue weighted by molar-refractivity contribution is 8.01. The van der Waals surface area contributed by atoms with Crippen LogP contribution in [0.25, 0.3) is 11.4 Å². The van der Waals surface area contributed by atoms with Crippen molar-refractivity contribution < 1.29 is 13.2 Å². The Bertz CT molecular complexity index is 939. The summed E-state index contributed by atoms with van der Waals surface area (Å²) >= 11 is 2.51. The van der Waals surface area contributed by atoms with Crippen molar-refractivity contribution in [2.75, 3.05) is 0 Å². The van der Waals surface area contributed by atoms with Gasteiger partial charge in [-0.25, -0.2) is 4.98 Å². The van der Waals surface area contributed by atoms with E-state index in [1.54, 1.807) is 6.07 Å². The summed E-state index contributed by atoms with van der Waals surface area (Å²) in [5.41, 5.74) is 0.322. The third-order valence-corrected chi connectivity index (χ3v) is 5.49. The lowest BCUT2D eigenvalue weighted by Crippen LogP contribution is -2.04. The van der Waals surface area contributed by atoms with E-state index in [0.29, 0.717) is 27.0 Å². The number of H-pyrrole nitrogens is 1. The topological polar surface area (TPSA) is 78.2 Å². The predicted octanol–water partition coefficient (Wildman–Crippen LogP) is 4.53. The van der Waals surface area contributed by atoms with Crippen molar-refractivity contribution in [3.63, 3.8) is 0 Å². The van der Waals surface area contributed by atoms with E-state index in [1.807, 2.05) is 13.0 Å². The van der Waals surface area contributed by atoms with Gasteiger partial charge >= 0.3 is 6.18 Å². The summed E-state index contributed by atoms with van der Waals surface area (Å²) in [5.74, 6) is 0. The Hall–Kier alpha value is -2.38. The normalized spacial score (nSPS) is 11.5. The minimum Gasteiger partial charge on any atom is -0.227 e. The van der Waals surface area contributed by atoms with E-state index in [0.717, 1.165) is 28.8 Å². The summed E-state index contributed by atoms with van der Waals surface area (Å²) < 4.78 is 39.1. The fraction of sp³-hybridized carbons (Fsp3) is 0.200. The number of hydrogen-bond acceptors (Lipinski definition) is 6. The van der Waals surface area contributed by atoms with Gasteiger partial charge in [0.25, 0.3) is 0 Å². The third kappa shape index (κ3) is 3.67. The van der Waals surface area contributed by atoms with Gasteiger partial charge in [0.15, 0.2) is 15.7 Å². The molecule has 0 saturated carbocycles. The highest BCUT2D eigenvalue weighted by atomic mass is 32.2. The molecular formula is C15H10F3N5S2. The smallest absolute Gasteiger partial charge is 0.227 e. The number of hydrogen-bond donors (Lipinski definition) is 1. The number of nitrogens with zero attached hydrogens (tertiary/aromatic N) is 4. The van der Waals surface area contributed by atoms with Gasteiger partial charge < -0.3 is 0 Å². The minimum absolute atomic E-state index is 0.135. The molecule has 128 valence electrons. The van der Waals surface area contributed by atoms with Gasteiger partial charge in [0, 0.05) is 9.77 Å². The highest BCUT2D eigenvalue weighted by Crippen LogP contribution is 2.39. The van der Waals surface area contributed by atoms with E-state index in [-0.39, 0.29) is 5.69 Å². The Morgan fingerprint density at radius 3 is 2.76 bits per heavy atom. The van der Waals surface area contributed by atoms with Crippen LogP contribution >= 0.6 is 23.1 Å². The van der Waals surface area contributed by atoms with Gasteiger partial charge in [-0.2, -0.15) is 28.7 Å². The van der Waals surface area contributed by atoms with Crippen LogP contribution in [-0.4, -0.2) is 20.4 Å². The Morgan fingerprint density at radius 2 is 2.08 bits per heavy atom. The first kappa shape index (κ1) is 17.4. The molecule has 0 saturated heterocycles. The maximum absolute atomic E-state index is 12.8. The second kappa shape index (κ2) is 6.85. The average Bonchev–Trinajstić information content (AvgIpc) is 3.20. The fourth-order valence-corrected chi connectivity index (χ4v) is 4.27. The summed E-state index contributed by atoms with van der Waals surface area (Å²) in [4.78, 5) is 5.78. The van der Waals surface area contributed by atoms with Crippen molar-refractivity contribution >= 4 is 23.1 Å². The molecule has 5 nitrogen and oxygen atoms in total. The number of aromatic nitrogens is 4. The number of nitrogens with one attached hydrogen (secondary N) is 1. The molecule has 0 radical (unpaired) electrons. The van der Waals surface area contributed by atoms with Gasteiger partial charge in [0.2, 0.25) is 0 Å². The van der Waals surface area contributed by atoms with E-state index in [4.69, 9.17) is 5.26 Å². The molecule has 0 amide bonds.